The van der Waals surface area contributed by atoms with Gasteiger partial charge >= 0.3 is 0 Å². The van der Waals surface area contributed by atoms with Crippen molar-refractivity contribution in [3.05, 3.63) is 66.5 Å². The topological polar surface area (TPSA) is 73.9 Å². The maximum Gasteiger partial charge on any atom is 0.253 e. The van der Waals surface area contributed by atoms with Crippen molar-refractivity contribution >= 4 is 22.6 Å². The normalized spacial score (nSPS) is 21.6. The van der Waals surface area contributed by atoms with Crippen molar-refractivity contribution in [2.24, 2.45) is 5.41 Å². The Labute approximate surface area is 227 Å². The predicted octanol–water partition coefficient (Wildman–Crippen LogP) is 3.88. The Morgan fingerprint density at radius 3 is 2.64 bits per heavy atom. The van der Waals surface area contributed by atoms with Crippen LogP contribution in [0.2, 0.25) is 0 Å². The molecule has 0 bridgehead atoms. The van der Waals surface area contributed by atoms with Crippen molar-refractivity contribution < 1.29 is 14.3 Å². The summed E-state index contributed by atoms with van der Waals surface area (Å²) in [5, 5.41) is 1.05. The lowest BCUT2D eigenvalue weighted by Crippen LogP contribution is -2.67. The minimum absolute atomic E-state index is 0.0967. The lowest BCUT2D eigenvalue weighted by Gasteiger charge is -2.54. The molecule has 6 heterocycles. The SMILES string of the molecule is CN1CCN2c3ccc(-c4cnc5[nH]cc(-c6ccc(C(=O)N7CC8(COC8)C7)cc6)c5c4)cc3OCC2C1. The number of benzene rings is 2. The molecule has 8 rings (SSSR count). The first-order chi connectivity index (χ1) is 19.1. The van der Waals surface area contributed by atoms with Gasteiger partial charge in [-0.1, -0.05) is 18.2 Å². The van der Waals surface area contributed by atoms with Crippen LogP contribution in [0.4, 0.5) is 5.69 Å². The first kappa shape index (κ1) is 23.0. The van der Waals surface area contributed by atoms with Gasteiger partial charge in [0.2, 0.25) is 0 Å². The maximum absolute atomic E-state index is 12.9. The Morgan fingerprint density at radius 1 is 1.03 bits per heavy atom. The fourth-order valence-electron chi connectivity index (χ4n) is 6.56. The number of nitrogens with one attached hydrogen (secondary N) is 1. The van der Waals surface area contributed by atoms with Crippen LogP contribution in [-0.4, -0.2) is 91.3 Å². The molecular weight excluding hydrogens is 490 g/mol. The number of hydrogen-bond acceptors (Lipinski definition) is 6. The van der Waals surface area contributed by atoms with Gasteiger partial charge in [-0.15, -0.1) is 0 Å². The van der Waals surface area contributed by atoms with E-state index in [0.717, 1.165) is 90.5 Å². The van der Waals surface area contributed by atoms with Crippen molar-refractivity contribution in [2.75, 3.05) is 64.5 Å². The second-order valence-electron chi connectivity index (χ2n) is 11.7. The molecule has 3 fully saturated rings. The summed E-state index contributed by atoms with van der Waals surface area (Å²) in [6.45, 7) is 6.99. The number of rotatable bonds is 3. The number of piperazine rings is 1. The Balaban J connectivity index is 1.05. The van der Waals surface area contributed by atoms with E-state index in [1.807, 2.05) is 41.6 Å². The van der Waals surface area contributed by atoms with E-state index in [1.165, 1.54) is 5.69 Å². The predicted molar refractivity (Wildman–Crippen MR) is 150 cm³/mol. The fraction of sp³-hybridized carbons (Fsp3) is 0.355. The molecule has 8 heteroatoms. The average molecular weight is 522 g/mol. The summed E-state index contributed by atoms with van der Waals surface area (Å²) >= 11 is 0. The number of pyridine rings is 1. The van der Waals surface area contributed by atoms with Gasteiger partial charge in [0.15, 0.2) is 0 Å². The summed E-state index contributed by atoms with van der Waals surface area (Å²) in [4.78, 5) is 27.7. The molecule has 39 heavy (non-hydrogen) atoms. The first-order valence-corrected chi connectivity index (χ1v) is 13.7. The standard InChI is InChI=1S/C31H31N5O3/c1-34-8-9-36-24(14-34)15-39-28-11-22(6-7-27(28)36)23-10-25-26(13-33-29(25)32-12-23)20-2-4-21(5-3-20)30(37)35-16-31(17-35)18-38-19-31/h2-7,10-13,24H,8-9,14-19H2,1H3,(H,32,33). The van der Waals surface area contributed by atoms with Crippen LogP contribution in [0.15, 0.2) is 60.9 Å². The zero-order valence-corrected chi connectivity index (χ0v) is 22.0. The first-order valence-electron chi connectivity index (χ1n) is 13.7. The number of anilines is 1. The third kappa shape index (κ3) is 3.73. The van der Waals surface area contributed by atoms with E-state index in [9.17, 15) is 4.79 Å². The van der Waals surface area contributed by atoms with Gasteiger partial charge in [0.25, 0.3) is 5.91 Å². The van der Waals surface area contributed by atoms with E-state index in [0.29, 0.717) is 12.6 Å². The summed E-state index contributed by atoms with van der Waals surface area (Å²) in [5.74, 6) is 1.04. The van der Waals surface area contributed by atoms with E-state index in [1.54, 1.807) is 0 Å². The third-order valence-electron chi connectivity index (χ3n) is 8.85. The molecule has 8 nitrogen and oxygen atoms in total. The number of hydrogen-bond donors (Lipinski definition) is 1. The highest BCUT2D eigenvalue weighted by atomic mass is 16.5. The summed E-state index contributed by atoms with van der Waals surface area (Å²) in [6, 6.07) is 17.0. The molecular formula is C31H31N5O3. The molecule has 0 saturated carbocycles. The smallest absolute Gasteiger partial charge is 0.253 e. The molecule has 0 radical (unpaired) electrons. The number of carbonyl (C=O) groups is 1. The monoisotopic (exact) mass is 521 g/mol. The van der Waals surface area contributed by atoms with Crippen LogP contribution in [0.1, 0.15) is 10.4 Å². The molecule has 198 valence electrons. The van der Waals surface area contributed by atoms with Crippen molar-refractivity contribution in [3.8, 4) is 28.0 Å². The van der Waals surface area contributed by atoms with Crippen molar-refractivity contribution in [1.82, 2.24) is 19.8 Å². The van der Waals surface area contributed by atoms with E-state index in [-0.39, 0.29) is 11.3 Å². The van der Waals surface area contributed by atoms with Crippen molar-refractivity contribution in [2.45, 2.75) is 6.04 Å². The summed E-state index contributed by atoms with van der Waals surface area (Å²) in [5.41, 5.74) is 7.24. The Hall–Kier alpha value is -3.88. The molecule has 3 saturated heterocycles. The van der Waals surface area contributed by atoms with E-state index >= 15 is 0 Å². The number of amides is 1. The Kier molecular flexibility index (Phi) is 5.06. The van der Waals surface area contributed by atoms with Gasteiger partial charge < -0.3 is 29.2 Å². The van der Waals surface area contributed by atoms with Gasteiger partial charge in [-0.05, 0) is 48.5 Å². The van der Waals surface area contributed by atoms with Crippen LogP contribution in [0.5, 0.6) is 5.75 Å². The van der Waals surface area contributed by atoms with Crippen LogP contribution in [0, 0.1) is 5.41 Å². The van der Waals surface area contributed by atoms with Crippen LogP contribution in [-0.2, 0) is 4.74 Å². The number of nitrogens with zero attached hydrogens (tertiary/aromatic N) is 4. The highest BCUT2D eigenvalue weighted by Crippen LogP contribution is 2.40. The number of fused-ring (bicyclic) bond motifs is 4. The fourth-order valence-corrected chi connectivity index (χ4v) is 6.56. The van der Waals surface area contributed by atoms with Gasteiger partial charge in [-0.2, -0.15) is 0 Å². The van der Waals surface area contributed by atoms with Crippen LogP contribution in [0.25, 0.3) is 33.3 Å². The number of H-pyrrole nitrogens is 1. The molecule has 1 N–H and O–H groups in total. The molecule has 2 aromatic carbocycles. The van der Waals surface area contributed by atoms with Gasteiger partial charge in [0, 0.05) is 67.2 Å². The lowest BCUT2D eigenvalue weighted by atomic mass is 9.78. The number of aromatic nitrogens is 2. The van der Waals surface area contributed by atoms with Crippen molar-refractivity contribution in [3.63, 3.8) is 0 Å². The minimum atomic E-state index is 0.0967. The maximum atomic E-state index is 12.9. The molecule has 4 aromatic rings. The van der Waals surface area contributed by atoms with Gasteiger partial charge in [-0.25, -0.2) is 4.98 Å². The highest BCUT2D eigenvalue weighted by Gasteiger charge is 2.50. The van der Waals surface area contributed by atoms with Gasteiger partial charge in [-0.3, -0.25) is 4.79 Å². The summed E-state index contributed by atoms with van der Waals surface area (Å²) < 4.78 is 11.6. The molecule has 1 spiro atoms. The summed E-state index contributed by atoms with van der Waals surface area (Å²) in [7, 11) is 2.18. The average Bonchev–Trinajstić information content (AvgIpc) is 3.34. The molecule has 4 aliphatic heterocycles. The zero-order chi connectivity index (χ0) is 26.1. The zero-order valence-electron chi connectivity index (χ0n) is 22.0. The van der Waals surface area contributed by atoms with Crippen LogP contribution < -0.4 is 9.64 Å². The molecule has 1 atom stereocenters. The van der Waals surface area contributed by atoms with Crippen LogP contribution in [0.3, 0.4) is 0 Å². The van der Waals surface area contributed by atoms with Gasteiger partial charge in [0.05, 0.1) is 30.4 Å². The highest BCUT2D eigenvalue weighted by molar-refractivity contribution is 5.98. The number of aromatic amines is 1. The van der Waals surface area contributed by atoms with Gasteiger partial charge in [0.1, 0.15) is 18.0 Å². The minimum Gasteiger partial charge on any atom is -0.489 e. The Morgan fingerprint density at radius 2 is 1.85 bits per heavy atom. The number of likely N-dealkylation sites (tertiary alicyclic amines) is 1. The number of likely N-dealkylation sites (N-methyl/N-ethyl adjacent to an activating group) is 1. The largest absolute Gasteiger partial charge is 0.489 e. The molecule has 4 aliphatic rings. The van der Waals surface area contributed by atoms with Crippen LogP contribution >= 0.6 is 0 Å². The number of carbonyl (C=O) groups excluding carboxylic acids is 1. The van der Waals surface area contributed by atoms with E-state index < -0.39 is 0 Å². The quantitative estimate of drug-likeness (QED) is 0.441. The van der Waals surface area contributed by atoms with E-state index in [4.69, 9.17) is 14.5 Å². The molecule has 2 aromatic heterocycles. The molecule has 1 unspecified atom stereocenters. The third-order valence-corrected chi connectivity index (χ3v) is 8.85. The lowest BCUT2D eigenvalue weighted by molar-refractivity contribution is -0.176. The molecule has 1 amide bonds. The molecule has 0 aliphatic carbocycles. The van der Waals surface area contributed by atoms with E-state index in [2.05, 4.69) is 46.1 Å². The number of ether oxygens (including phenoxy) is 2. The Bertz CT molecular complexity index is 1580. The summed E-state index contributed by atoms with van der Waals surface area (Å²) in [6.07, 6.45) is 3.91. The van der Waals surface area contributed by atoms with Crippen molar-refractivity contribution in [1.29, 1.82) is 0 Å². The second kappa shape index (κ2) is 8.56. The second-order valence-corrected chi connectivity index (χ2v) is 11.7.